The number of hydrogen-bond donors (Lipinski definition) is 1. The Morgan fingerprint density at radius 1 is 1.03 bits per heavy atom. The van der Waals surface area contributed by atoms with Crippen LogP contribution in [0.3, 0.4) is 0 Å². The number of alkyl carbamates (subject to hydrolysis) is 1. The predicted molar refractivity (Wildman–Crippen MR) is 120 cm³/mol. The molecule has 1 N–H and O–H groups in total. The summed E-state index contributed by atoms with van der Waals surface area (Å²) in [6.07, 6.45) is 3.44. The summed E-state index contributed by atoms with van der Waals surface area (Å²) in [5.41, 5.74) is 1.92. The highest BCUT2D eigenvalue weighted by Gasteiger charge is 2.36. The second-order valence-corrected chi connectivity index (χ2v) is 8.51. The van der Waals surface area contributed by atoms with E-state index in [-0.39, 0.29) is 18.2 Å². The maximum Gasteiger partial charge on any atom is 0.408 e. The fraction of sp³-hybridized carbons (Fsp3) is 0.346. The number of nitrogens with zero attached hydrogens (tertiary/aromatic N) is 1. The minimum atomic E-state index is -0.375. The number of furan rings is 1. The van der Waals surface area contributed by atoms with Gasteiger partial charge in [-0.2, -0.15) is 0 Å². The van der Waals surface area contributed by atoms with Crippen molar-refractivity contribution in [2.45, 2.75) is 31.6 Å². The lowest BCUT2D eigenvalue weighted by Gasteiger charge is -2.43. The van der Waals surface area contributed by atoms with Gasteiger partial charge in [-0.3, -0.25) is 4.90 Å². The van der Waals surface area contributed by atoms with Crippen LogP contribution in [0, 0.1) is 5.92 Å². The molecule has 2 bridgehead atoms. The van der Waals surface area contributed by atoms with E-state index < -0.39 is 0 Å². The van der Waals surface area contributed by atoms with Crippen molar-refractivity contribution >= 4 is 6.09 Å². The van der Waals surface area contributed by atoms with Gasteiger partial charge in [-0.15, -0.1) is 0 Å². The molecule has 2 aromatic carbocycles. The number of piperidine rings is 3. The lowest BCUT2D eigenvalue weighted by molar-refractivity contribution is -0.0336. The van der Waals surface area contributed by atoms with Crippen molar-refractivity contribution in [3.05, 3.63) is 89.9 Å². The summed E-state index contributed by atoms with van der Waals surface area (Å²) < 4.78 is 17.1. The number of benzene rings is 2. The molecule has 6 rings (SSSR count). The van der Waals surface area contributed by atoms with E-state index >= 15 is 0 Å². The smallest absolute Gasteiger partial charge is 0.408 e. The molecular weight excluding hydrogens is 404 g/mol. The quantitative estimate of drug-likeness (QED) is 0.583. The number of amides is 1. The van der Waals surface area contributed by atoms with Gasteiger partial charge in [0.1, 0.15) is 24.2 Å². The van der Waals surface area contributed by atoms with Gasteiger partial charge in [-0.25, -0.2) is 4.79 Å². The second-order valence-electron chi connectivity index (χ2n) is 8.51. The summed E-state index contributed by atoms with van der Waals surface area (Å²) in [7, 11) is 0. The normalized spacial score (nSPS) is 22.8. The molecule has 3 fully saturated rings. The van der Waals surface area contributed by atoms with Gasteiger partial charge in [0.2, 0.25) is 0 Å². The van der Waals surface area contributed by atoms with E-state index in [1.807, 2.05) is 66.7 Å². The van der Waals surface area contributed by atoms with Crippen molar-refractivity contribution in [1.82, 2.24) is 10.2 Å². The molecule has 6 heteroatoms. The number of ether oxygens (including phenoxy) is 2. The molecule has 1 unspecified atom stereocenters. The topological polar surface area (TPSA) is 63.9 Å². The van der Waals surface area contributed by atoms with Crippen LogP contribution in [-0.4, -0.2) is 36.7 Å². The van der Waals surface area contributed by atoms with Gasteiger partial charge in [0, 0.05) is 6.54 Å². The average Bonchev–Trinajstić information content (AvgIpc) is 3.37. The van der Waals surface area contributed by atoms with Gasteiger partial charge >= 0.3 is 6.09 Å². The predicted octanol–water partition coefficient (Wildman–Crippen LogP) is 4.77. The Bertz CT molecular complexity index is 1010. The molecule has 0 radical (unpaired) electrons. The Kier molecular flexibility index (Phi) is 6.12. The minimum Gasteiger partial charge on any atom is -0.486 e. The third-order valence-electron chi connectivity index (χ3n) is 6.40. The lowest BCUT2D eigenvalue weighted by Crippen LogP contribution is -2.52. The van der Waals surface area contributed by atoms with Crippen molar-refractivity contribution < 1.29 is 18.7 Å². The highest BCUT2D eigenvalue weighted by Crippen LogP contribution is 2.30. The van der Waals surface area contributed by atoms with E-state index in [2.05, 4.69) is 10.2 Å². The van der Waals surface area contributed by atoms with Crippen molar-refractivity contribution in [2.75, 3.05) is 19.6 Å². The van der Waals surface area contributed by atoms with E-state index in [0.717, 1.165) is 49.4 Å². The van der Waals surface area contributed by atoms with Gasteiger partial charge in [0.15, 0.2) is 0 Å². The van der Waals surface area contributed by atoms with E-state index in [1.54, 1.807) is 6.26 Å². The Balaban J connectivity index is 1.31. The van der Waals surface area contributed by atoms with E-state index in [4.69, 9.17) is 13.9 Å². The molecule has 4 heterocycles. The molecule has 0 saturated carbocycles. The highest BCUT2D eigenvalue weighted by molar-refractivity contribution is 5.69. The third kappa shape index (κ3) is 4.81. The number of fused-ring (bicyclic) bond motifs is 3. The molecule has 3 saturated heterocycles. The number of rotatable bonds is 7. The summed E-state index contributed by atoms with van der Waals surface area (Å²) in [4.78, 5) is 15.3. The second kappa shape index (κ2) is 9.49. The van der Waals surface area contributed by atoms with Gasteiger partial charge in [0.05, 0.1) is 12.3 Å². The fourth-order valence-electron chi connectivity index (χ4n) is 4.67. The monoisotopic (exact) mass is 432 g/mol. The van der Waals surface area contributed by atoms with Crippen LogP contribution in [0.15, 0.2) is 77.4 Å². The van der Waals surface area contributed by atoms with Crippen molar-refractivity contribution in [3.8, 4) is 5.75 Å². The molecule has 166 valence electrons. The lowest BCUT2D eigenvalue weighted by atomic mass is 9.86. The first-order valence-electron chi connectivity index (χ1n) is 11.2. The Hall–Kier alpha value is -3.25. The first kappa shape index (κ1) is 20.6. The summed E-state index contributed by atoms with van der Waals surface area (Å²) in [6, 6.07) is 21.1. The van der Waals surface area contributed by atoms with E-state index in [0.29, 0.717) is 18.3 Å². The van der Waals surface area contributed by atoms with Crippen LogP contribution in [0.4, 0.5) is 4.79 Å². The molecule has 0 aliphatic carbocycles. The molecule has 6 nitrogen and oxygen atoms in total. The zero-order valence-corrected chi connectivity index (χ0v) is 18.0. The first-order chi connectivity index (χ1) is 15.7. The van der Waals surface area contributed by atoms with Gasteiger partial charge in [-0.05, 0) is 67.2 Å². The number of nitrogens with one attached hydrogen (secondary N) is 1. The zero-order valence-electron chi connectivity index (χ0n) is 18.0. The summed E-state index contributed by atoms with van der Waals surface area (Å²) >= 11 is 0. The zero-order chi connectivity index (χ0) is 21.8. The molecule has 2 atom stereocenters. The molecule has 1 aromatic heterocycles. The van der Waals surface area contributed by atoms with Crippen molar-refractivity contribution in [1.29, 1.82) is 0 Å². The van der Waals surface area contributed by atoms with E-state index in [9.17, 15) is 4.79 Å². The van der Waals surface area contributed by atoms with Crippen LogP contribution < -0.4 is 10.1 Å². The van der Waals surface area contributed by atoms with Crippen LogP contribution in [0.1, 0.15) is 35.8 Å². The Morgan fingerprint density at radius 2 is 1.84 bits per heavy atom. The maximum absolute atomic E-state index is 12.9. The highest BCUT2D eigenvalue weighted by atomic mass is 16.6. The summed E-state index contributed by atoms with van der Waals surface area (Å²) in [6.45, 7) is 3.42. The van der Waals surface area contributed by atoms with Crippen LogP contribution in [0.25, 0.3) is 0 Å². The van der Waals surface area contributed by atoms with Crippen molar-refractivity contribution in [3.63, 3.8) is 0 Å². The number of hydrogen-bond acceptors (Lipinski definition) is 5. The fourth-order valence-corrected chi connectivity index (χ4v) is 4.67. The molecular formula is C26H28N2O4. The molecule has 32 heavy (non-hydrogen) atoms. The van der Waals surface area contributed by atoms with Crippen LogP contribution in [0.5, 0.6) is 5.75 Å². The van der Waals surface area contributed by atoms with E-state index in [1.165, 1.54) is 0 Å². The molecule has 1 amide bonds. The Morgan fingerprint density at radius 3 is 2.56 bits per heavy atom. The van der Waals surface area contributed by atoms with Crippen LogP contribution in [-0.2, 0) is 11.3 Å². The summed E-state index contributed by atoms with van der Waals surface area (Å²) in [5.74, 6) is 1.95. The van der Waals surface area contributed by atoms with Crippen LogP contribution in [0.2, 0.25) is 0 Å². The third-order valence-corrected chi connectivity index (χ3v) is 6.40. The number of carbonyl (C=O) groups is 1. The summed E-state index contributed by atoms with van der Waals surface area (Å²) in [5, 5.41) is 3.10. The first-order valence-corrected chi connectivity index (χ1v) is 11.2. The van der Waals surface area contributed by atoms with Gasteiger partial charge in [0.25, 0.3) is 0 Å². The molecule has 3 aliphatic rings. The Labute approximate surface area is 188 Å². The molecule has 3 aromatic rings. The van der Waals surface area contributed by atoms with Gasteiger partial charge in [-0.1, -0.05) is 42.5 Å². The van der Waals surface area contributed by atoms with Crippen LogP contribution >= 0.6 is 0 Å². The maximum atomic E-state index is 12.9. The SMILES string of the molecule is O=C(NC(c1ccccc1)c1cccc(OCc2ccco2)c1)O[C@H]1CN2CCC1CC2. The van der Waals surface area contributed by atoms with Crippen molar-refractivity contribution in [2.24, 2.45) is 5.92 Å². The molecule has 3 aliphatic heterocycles. The minimum absolute atomic E-state index is 0.0307. The average molecular weight is 433 g/mol. The van der Waals surface area contributed by atoms with Gasteiger partial charge < -0.3 is 19.2 Å². The molecule has 0 spiro atoms. The number of carbonyl (C=O) groups excluding carboxylic acids is 1. The standard InChI is InChI=1S/C26H28N2O4/c29-26(32-24-17-28-13-11-19(24)12-14-28)27-25(20-6-2-1-3-7-20)21-8-4-9-22(16-21)31-18-23-10-5-15-30-23/h1-10,15-16,19,24-25H,11-14,17-18H2,(H,27,29)/t24-,25?/m0/s1. The largest absolute Gasteiger partial charge is 0.486 e.